The first-order chi connectivity index (χ1) is 6.51. The number of carbonyl (C=O) groups excluding carboxylic acids is 1. The third-order valence-corrected chi connectivity index (χ3v) is 2.67. The minimum Gasteiger partial charge on any atom is -0.369 e. The SMILES string of the molecule is NC(=O)C1(c2ccccc2)CC1(F)F. The van der Waals surface area contributed by atoms with E-state index in [-0.39, 0.29) is 0 Å². The third kappa shape index (κ3) is 0.967. The molecule has 4 heteroatoms. The summed E-state index contributed by atoms with van der Waals surface area (Å²) in [5.41, 5.74) is 3.57. The quantitative estimate of drug-likeness (QED) is 0.766. The van der Waals surface area contributed by atoms with E-state index >= 15 is 0 Å². The monoisotopic (exact) mass is 197 g/mol. The molecule has 1 aliphatic rings. The van der Waals surface area contributed by atoms with Crippen molar-refractivity contribution in [3.05, 3.63) is 35.9 Å². The number of benzene rings is 1. The summed E-state index contributed by atoms with van der Waals surface area (Å²) in [7, 11) is 0. The molecule has 0 aromatic heterocycles. The Balaban J connectivity index is 2.47. The van der Waals surface area contributed by atoms with E-state index in [0.29, 0.717) is 5.56 Å². The molecule has 0 saturated heterocycles. The summed E-state index contributed by atoms with van der Waals surface area (Å²) in [4.78, 5) is 11.0. The van der Waals surface area contributed by atoms with Crippen LogP contribution in [0.2, 0.25) is 0 Å². The van der Waals surface area contributed by atoms with Crippen LogP contribution in [-0.2, 0) is 10.2 Å². The lowest BCUT2D eigenvalue weighted by Gasteiger charge is -2.11. The summed E-state index contributed by atoms with van der Waals surface area (Å²) in [5, 5.41) is 0. The number of alkyl halides is 2. The zero-order valence-corrected chi connectivity index (χ0v) is 7.34. The molecule has 2 nitrogen and oxygen atoms in total. The maximum Gasteiger partial charge on any atom is 0.268 e. The molecule has 2 N–H and O–H groups in total. The van der Waals surface area contributed by atoms with Gasteiger partial charge in [0.05, 0.1) is 0 Å². The van der Waals surface area contributed by atoms with Crippen LogP contribution in [0.15, 0.2) is 30.3 Å². The van der Waals surface area contributed by atoms with Gasteiger partial charge in [0.2, 0.25) is 5.91 Å². The number of amides is 1. The minimum absolute atomic E-state index is 0.303. The first-order valence-electron chi connectivity index (χ1n) is 4.24. The smallest absolute Gasteiger partial charge is 0.268 e. The Kier molecular flexibility index (Phi) is 1.65. The van der Waals surface area contributed by atoms with Crippen LogP contribution in [0.1, 0.15) is 12.0 Å². The predicted molar refractivity (Wildman–Crippen MR) is 46.9 cm³/mol. The van der Waals surface area contributed by atoms with Crippen molar-refractivity contribution in [2.75, 3.05) is 0 Å². The Morgan fingerprint density at radius 1 is 1.29 bits per heavy atom. The van der Waals surface area contributed by atoms with Crippen LogP contribution in [-0.4, -0.2) is 11.8 Å². The molecule has 1 unspecified atom stereocenters. The lowest BCUT2D eigenvalue weighted by molar-refractivity contribution is -0.122. The van der Waals surface area contributed by atoms with Crippen molar-refractivity contribution in [3.63, 3.8) is 0 Å². The number of hydrogen-bond acceptors (Lipinski definition) is 1. The highest BCUT2D eigenvalue weighted by Gasteiger charge is 2.75. The van der Waals surface area contributed by atoms with Gasteiger partial charge in [-0.25, -0.2) is 8.78 Å². The molecule has 0 bridgehead atoms. The second-order valence-corrected chi connectivity index (χ2v) is 3.52. The summed E-state index contributed by atoms with van der Waals surface area (Å²) in [6.07, 6.45) is -0.473. The van der Waals surface area contributed by atoms with Gasteiger partial charge in [-0.3, -0.25) is 4.79 Å². The van der Waals surface area contributed by atoms with E-state index in [1.54, 1.807) is 18.2 Å². The van der Waals surface area contributed by atoms with Gasteiger partial charge < -0.3 is 5.73 Å². The van der Waals surface area contributed by atoms with Crippen molar-refractivity contribution in [2.24, 2.45) is 5.73 Å². The van der Waals surface area contributed by atoms with E-state index < -0.39 is 23.7 Å². The van der Waals surface area contributed by atoms with Crippen LogP contribution in [0.4, 0.5) is 8.78 Å². The molecule has 1 saturated carbocycles. The molecule has 1 aromatic rings. The van der Waals surface area contributed by atoms with Gasteiger partial charge in [-0.1, -0.05) is 30.3 Å². The molecule has 74 valence electrons. The van der Waals surface area contributed by atoms with Crippen molar-refractivity contribution >= 4 is 5.91 Å². The van der Waals surface area contributed by atoms with Gasteiger partial charge in [0.15, 0.2) is 0 Å². The number of carbonyl (C=O) groups is 1. The molecule has 1 amide bonds. The lowest BCUT2D eigenvalue weighted by atomic mass is 9.95. The maximum atomic E-state index is 13.1. The predicted octanol–water partition coefficient (Wildman–Crippen LogP) is 1.45. The Hall–Kier alpha value is -1.45. The van der Waals surface area contributed by atoms with E-state index in [1.807, 2.05) is 0 Å². The number of hydrogen-bond donors (Lipinski definition) is 1. The summed E-state index contributed by atoms with van der Waals surface area (Å²) in [6.45, 7) is 0. The van der Waals surface area contributed by atoms with E-state index in [0.717, 1.165) is 0 Å². The lowest BCUT2D eigenvalue weighted by Crippen LogP contribution is -2.33. The summed E-state index contributed by atoms with van der Waals surface area (Å²) < 4.78 is 26.2. The van der Waals surface area contributed by atoms with Crippen molar-refractivity contribution < 1.29 is 13.6 Å². The van der Waals surface area contributed by atoms with Crippen molar-refractivity contribution in [3.8, 4) is 0 Å². The van der Waals surface area contributed by atoms with Crippen LogP contribution < -0.4 is 5.73 Å². The molecule has 14 heavy (non-hydrogen) atoms. The highest BCUT2D eigenvalue weighted by Crippen LogP contribution is 2.61. The molecule has 2 rings (SSSR count). The summed E-state index contributed by atoms with van der Waals surface area (Å²) >= 11 is 0. The molecule has 1 aromatic carbocycles. The molecule has 0 heterocycles. The number of primary amides is 1. The highest BCUT2D eigenvalue weighted by atomic mass is 19.3. The van der Waals surface area contributed by atoms with Gasteiger partial charge in [0.1, 0.15) is 5.41 Å². The summed E-state index contributed by atoms with van der Waals surface area (Å²) in [6, 6.07) is 7.96. The van der Waals surface area contributed by atoms with Gasteiger partial charge in [-0.05, 0) is 5.56 Å². The van der Waals surface area contributed by atoms with E-state index in [1.165, 1.54) is 12.1 Å². The first kappa shape index (κ1) is 9.12. The van der Waals surface area contributed by atoms with Crippen LogP contribution in [0, 0.1) is 0 Å². The molecule has 0 aliphatic heterocycles. The molecule has 0 radical (unpaired) electrons. The third-order valence-electron chi connectivity index (χ3n) is 2.67. The van der Waals surface area contributed by atoms with Crippen LogP contribution in [0.25, 0.3) is 0 Å². The topological polar surface area (TPSA) is 43.1 Å². The fourth-order valence-corrected chi connectivity index (χ4v) is 1.73. The standard InChI is InChI=1S/C10H9F2NO/c11-10(12)6-9(10,8(13)14)7-4-2-1-3-5-7/h1-5H,6H2,(H2,13,14). The van der Waals surface area contributed by atoms with Gasteiger partial charge >= 0.3 is 0 Å². The molecule has 1 fully saturated rings. The fraction of sp³-hybridized carbons (Fsp3) is 0.300. The Morgan fingerprint density at radius 2 is 1.79 bits per heavy atom. The Labute approximate surface area is 79.7 Å². The Bertz CT molecular complexity index is 377. The van der Waals surface area contributed by atoms with Crippen LogP contribution in [0.3, 0.4) is 0 Å². The van der Waals surface area contributed by atoms with Gasteiger partial charge in [-0.2, -0.15) is 0 Å². The van der Waals surface area contributed by atoms with Crippen molar-refractivity contribution in [2.45, 2.75) is 17.8 Å². The summed E-state index contributed by atoms with van der Waals surface area (Å²) in [5.74, 6) is -3.94. The average Bonchev–Trinajstić information content (AvgIpc) is 2.72. The van der Waals surface area contributed by atoms with Crippen LogP contribution >= 0.6 is 0 Å². The van der Waals surface area contributed by atoms with Crippen molar-refractivity contribution in [1.29, 1.82) is 0 Å². The number of rotatable bonds is 2. The van der Waals surface area contributed by atoms with Gasteiger partial charge in [-0.15, -0.1) is 0 Å². The second kappa shape index (κ2) is 2.53. The minimum atomic E-state index is -2.99. The van der Waals surface area contributed by atoms with Gasteiger partial charge in [0, 0.05) is 6.42 Å². The second-order valence-electron chi connectivity index (χ2n) is 3.52. The molecule has 1 atom stereocenters. The Morgan fingerprint density at radius 3 is 2.14 bits per heavy atom. The molecule has 1 aliphatic carbocycles. The molecular weight excluding hydrogens is 188 g/mol. The highest BCUT2D eigenvalue weighted by molar-refractivity contribution is 5.92. The van der Waals surface area contributed by atoms with Gasteiger partial charge in [0.25, 0.3) is 5.92 Å². The average molecular weight is 197 g/mol. The number of halogens is 2. The molecule has 0 spiro atoms. The molecular formula is C10H9F2NO. The van der Waals surface area contributed by atoms with E-state index in [4.69, 9.17) is 5.73 Å². The van der Waals surface area contributed by atoms with Crippen LogP contribution in [0.5, 0.6) is 0 Å². The number of nitrogens with two attached hydrogens (primary N) is 1. The fourth-order valence-electron chi connectivity index (χ4n) is 1.73. The zero-order valence-electron chi connectivity index (χ0n) is 7.34. The largest absolute Gasteiger partial charge is 0.369 e. The van der Waals surface area contributed by atoms with Crippen molar-refractivity contribution in [1.82, 2.24) is 0 Å². The van der Waals surface area contributed by atoms with E-state index in [2.05, 4.69) is 0 Å². The zero-order chi connectivity index (χ0) is 10.4. The first-order valence-corrected chi connectivity index (χ1v) is 4.24. The van der Waals surface area contributed by atoms with E-state index in [9.17, 15) is 13.6 Å². The maximum absolute atomic E-state index is 13.1. The normalized spacial score (nSPS) is 28.4.